The fourth-order valence-corrected chi connectivity index (χ4v) is 1.43. The van der Waals surface area contributed by atoms with Crippen LogP contribution in [0.15, 0.2) is 36.7 Å². The number of amides is 1. The second-order valence-electron chi connectivity index (χ2n) is 3.15. The highest BCUT2D eigenvalue weighted by molar-refractivity contribution is 6.02. The molecule has 0 radical (unpaired) electrons. The van der Waals surface area contributed by atoms with Gasteiger partial charge in [0.1, 0.15) is 0 Å². The first-order chi connectivity index (χ1) is 7.31. The van der Waals surface area contributed by atoms with Crippen molar-refractivity contribution in [3.8, 4) is 0 Å². The minimum atomic E-state index is -0.195. The lowest BCUT2D eigenvalue weighted by Gasteiger charge is -2.06. The molecule has 3 N–H and O–H groups in total. The summed E-state index contributed by atoms with van der Waals surface area (Å²) in [6, 6.07) is 7.52. The average molecular weight is 201 g/mol. The van der Waals surface area contributed by atoms with Crippen LogP contribution in [0, 0.1) is 0 Å². The molecule has 1 aromatic carbocycles. The molecule has 0 aliphatic carbocycles. The average Bonchev–Trinajstić information content (AvgIpc) is 2.29. The van der Waals surface area contributed by atoms with Gasteiger partial charge in [-0.1, -0.05) is 12.1 Å². The molecular weight excluding hydrogens is 190 g/mol. The quantitative estimate of drug-likeness (QED) is 0.765. The molecule has 0 saturated carbocycles. The van der Waals surface area contributed by atoms with E-state index in [1.165, 1.54) is 0 Å². The smallest absolute Gasteiger partial charge is 0.238 e. The molecule has 76 valence electrons. The summed E-state index contributed by atoms with van der Waals surface area (Å²) < 4.78 is 0. The first-order valence-electron chi connectivity index (χ1n) is 4.64. The third kappa shape index (κ3) is 1.94. The van der Waals surface area contributed by atoms with Gasteiger partial charge in [-0.05, 0) is 12.1 Å². The molecule has 0 unspecified atom stereocenters. The van der Waals surface area contributed by atoms with Gasteiger partial charge in [-0.25, -0.2) is 0 Å². The number of hydrogen-bond donors (Lipinski definition) is 2. The maximum atomic E-state index is 11.2. The molecule has 2 rings (SSSR count). The zero-order valence-corrected chi connectivity index (χ0v) is 8.10. The molecule has 1 amide bonds. The van der Waals surface area contributed by atoms with Gasteiger partial charge in [0, 0.05) is 28.9 Å². The molecule has 15 heavy (non-hydrogen) atoms. The number of aromatic nitrogens is 1. The van der Waals surface area contributed by atoms with Crippen molar-refractivity contribution in [2.75, 3.05) is 11.9 Å². The van der Waals surface area contributed by atoms with Crippen molar-refractivity contribution < 1.29 is 4.79 Å². The van der Waals surface area contributed by atoms with E-state index in [-0.39, 0.29) is 12.5 Å². The summed E-state index contributed by atoms with van der Waals surface area (Å²) in [5.41, 5.74) is 6.01. The summed E-state index contributed by atoms with van der Waals surface area (Å²) in [5, 5.41) is 4.70. The van der Waals surface area contributed by atoms with E-state index in [0.717, 1.165) is 16.5 Å². The van der Waals surface area contributed by atoms with E-state index >= 15 is 0 Å². The van der Waals surface area contributed by atoms with Gasteiger partial charge in [0.25, 0.3) is 0 Å². The lowest BCUT2D eigenvalue weighted by atomic mass is 10.1. The Morgan fingerprint density at radius 2 is 2.27 bits per heavy atom. The summed E-state index contributed by atoms with van der Waals surface area (Å²) in [7, 11) is 0. The van der Waals surface area contributed by atoms with E-state index in [4.69, 9.17) is 5.73 Å². The standard InChI is InChI=1S/C11H11N3O/c12-6-11(15)14-10-3-1-2-8-7-13-5-4-9(8)10/h1-5,7H,6,12H2,(H,14,15). The lowest BCUT2D eigenvalue weighted by Crippen LogP contribution is -2.21. The minimum Gasteiger partial charge on any atom is -0.324 e. The van der Waals surface area contributed by atoms with Crippen LogP contribution in [0.25, 0.3) is 10.8 Å². The van der Waals surface area contributed by atoms with Crippen LogP contribution in [-0.4, -0.2) is 17.4 Å². The Labute approximate surface area is 87.1 Å². The number of carbonyl (C=O) groups excluding carboxylic acids is 1. The molecule has 0 fully saturated rings. The highest BCUT2D eigenvalue weighted by atomic mass is 16.1. The number of pyridine rings is 1. The van der Waals surface area contributed by atoms with Crippen molar-refractivity contribution in [3.63, 3.8) is 0 Å². The number of benzene rings is 1. The zero-order chi connectivity index (χ0) is 10.7. The molecule has 4 nitrogen and oxygen atoms in total. The topological polar surface area (TPSA) is 68.0 Å². The highest BCUT2D eigenvalue weighted by Gasteiger charge is 2.03. The van der Waals surface area contributed by atoms with E-state index in [0.29, 0.717) is 0 Å². The van der Waals surface area contributed by atoms with Gasteiger partial charge in [-0.15, -0.1) is 0 Å². The van der Waals surface area contributed by atoms with Gasteiger partial charge in [-0.3, -0.25) is 9.78 Å². The van der Waals surface area contributed by atoms with E-state index < -0.39 is 0 Å². The molecule has 0 atom stereocenters. The number of fused-ring (bicyclic) bond motifs is 1. The normalized spacial score (nSPS) is 10.2. The van der Waals surface area contributed by atoms with Gasteiger partial charge in [-0.2, -0.15) is 0 Å². The summed E-state index contributed by atoms with van der Waals surface area (Å²) in [5.74, 6) is -0.195. The number of rotatable bonds is 2. The third-order valence-electron chi connectivity index (χ3n) is 2.14. The van der Waals surface area contributed by atoms with E-state index in [2.05, 4.69) is 10.3 Å². The second kappa shape index (κ2) is 4.06. The van der Waals surface area contributed by atoms with Gasteiger partial charge < -0.3 is 11.1 Å². The predicted octanol–water partition coefficient (Wildman–Crippen LogP) is 1.13. The zero-order valence-electron chi connectivity index (χ0n) is 8.10. The lowest BCUT2D eigenvalue weighted by molar-refractivity contribution is -0.114. The van der Waals surface area contributed by atoms with Crippen molar-refractivity contribution in [1.82, 2.24) is 4.98 Å². The molecule has 4 heteroatoms. The Bertz CT molecular complexity index is 491. The van der Waals surface area contributed by atoms with Gasteiger partial charge in [0.05, 0.1) is 6.54 Å². The molecule has 0 spiro atoms. The minimum absolute atomic E-state index is 0.0124. The fourth-order valence-electron chi connectivity index (χ4n) is 1.43. The number of nitrogens with one attached hydrogen (secondary N) is 1. The van der Waals surface area contributed by atoms with Crippen LogP contribution < -0.4 is 11.1 Å². The first-order valence-corrected chi connectivity index (χ1v) is 4.64. The van der Waals surface area contributed by atoms with Gasteiger partial charge in [0.15, 0.2) is 0 Å². The van der Waals surface area contributed by atoms with Crippen molar-refractivity contribution in [2.45, 2.75) is 0 Å². The van der Waals surface area contributed by atoms with Crippen LogP contribution in [-0.2, 0) is 4.79 Å². The highest BCUT2D eigenvalue weighted by Crippen LogP contribution is 2.21. The maximum Gasteiger partial charge on any atom is 0.238 e. The molecule has 0 saturated heterocycles. The number of nitrogens with two attached hydrogens (primary N) is 1. The van der Waals surface area contributed by atoms with Crippen LogP contribution in [0.2, 0.25) is 0 Å². The largest absolute Gasteiger partial charge is 0.324 e. The summed E-state index contributed by atoms with van der Waals surface area (Å²) in [4.78, 5) is 15.2. The Morgan fingerprint density at radius 3 is 3.07 bits per heavy atom. The maximum absolute atomic E-state index is 11.2. The van der Waals surface area contributed by atoms with E-state index in [9.17, 15) is 4.79 Å². The van der Waals surface area contributed by atoms with Crippen molar-refractivity contribution >= 4 is 22.4 Å². The number of carbonyl (C=O) groups is 1. The molecular formula is C11H11N3O. The first kappa shape index (κ1) is 9.61. The molecule has 0 aliphatic heterocycles. The second-order valence-corrected chi connectivity index (χ2v) is 3.15. The molecule has 0 aliphatic rings. The van der Waals surface area contributed by atoms with Crippen molar-refractivity contribution in [2.24, 2.45) is 5.73 Å². The summed E-state index contributed by atoms with van der Waals surface area (Å²) >= 11 is 0. The van der Waals surface area contributed by atoms with Crippen LogP contribution >= 0.6 is 0 Å². The third-order valence-corrected chi connectivity index (χ3v) is 2.14. The number of nitrogens with zero attached hydrogens (tertiary/aromatic N) is 1. The van der Waals surface area contributed by atoms with Gasteiger partial charge >= 0.3 is 0 Å². The molecule has 0 bridgehead atoms. The van der Waals surface area contributed by atoms with Crippen LogP contribution in [0.1, 0.15) is 0 Å². The van der Waals surface area contributed by atoms with Gasteiger partial charge in [0.2, 0.25) is 5.91 Å². The number of anilines is 1. The monoisotopic (exact) mass is 201 g/mol. The van der Waals surface area contributed by atoms with Crippen LogP contribution in [0.3, 0.4) is 0 Å². The Balaban J connectivity index is 2.46. The molecule has 1 heterocycles. The summed E-state index contributed by atoms with van der Waals surface area (Å²) in [6.45, 7) is -0.0124. The van der Waals surface area contributed by atoms with Crippen LogP contribution in [0.4, 0.5) is 5.69 Å². The van der Waals surface area contributed by atoms with E-state index in [1.807, 2.05) is 24.3 Å². The Morgan fingerprint density at radius 1 is 1.40 bits per heavy atom. The molecule has 1 aromatic heterocycles. The number of hydrogen-bond acceptors (Lipinski definition) is 3. The summed E-state index contributed by atoms with van der Waals surface area (Å²) in [6.07, 6.45) is 3.45. The van der Waals surface area contributed by atoms with E-state index in [1.54, 1.807) is 12.4 Å². The van der Waals surface area contributed by atoms with Crippen molar-refractivity contribution in [1.29, 1.82) is 0 Å². The fraction of sp³-hybridized carbons (Fsp3) is 0.0909. The van der Waals surface area contributed by atoms with Crippen molar-refractivity contribution in [3.05, 3.63) is 36.7 Å². The van der Waals surface area contributed by atoms with Crippen LogP contribution in [0.5, 0.6) is 0 Å². The Kier molecular flexibility index (Phi) is 2.60. The SMILES string of the molecule is NCC(=O)Nc1cccc2cnccc12. The predicted molar refractivity (Wildman–Crippen MR) is 59.4 cm³/mol. The molecule has 2 aromatic rings. The Hall–Kier alpha value is -1.94.